The van der Waals surface area contributed by atoms with Gasteiger partial charge in [0.05, 0.1) is 10.7 Å². The van der Waals surface area contributed by atoms with E-state index in [2.05, 4.69) is 4.98 Å². The fourth-order valence-corrected chi connectivity index (χ4v) is 3.88. The molecule has 5 heteroatoms. The van der Waals surface area contributed by atoms with Crippen molar-refractivity contribution >= 4 is 11.3 Å². The minimum Gasteiger partial charge on any atom is -0.381 e. The number of aryl methyl sites for hydroxylation is 1. The number of ether oxygens (including phenoxy) is 1. The summed E-state index contributed by atoms with van der Waals surface area (Å²) in [7, 11) is 0. The van der Waals surface area contributed by atoms with Gasteiger partial charge in [0.25, 0.3) is 0 Å². The van der Waals surface area contributed by atoms with Crippen LogP contribution in [0.3, 0.4) is 0 Å². The number of hydrogen-bond acceptors (Lipinski definition) is 3. The topological polar surface area (TPSA) is 22.1 Å². The van der Waals surface area contributed by atoms with E-state index in [0.29, 0.717) is 17.0 Å². The molecule has 2 heterocycles. The number of aromatic nitrogens is 1. The first kappa shape index (κ1) is 16.5. The van der Waals surface area contributed by atoms with Crippen LogP contribution in [-0.2, 0) is 11.2 Å². The highest BCUT2D eigenvalue weighted by Crippen LogP contribution is 2.29. The van der Waals surface area contributed by atoms with Crippen molar-refractivity contribution in [3.8, 4) is 11.3 Å². The first-order valence-electron chi connectivity index (χ1n) is 8.12. The molecule has 1 unspecified atom stereocenters. The van der Waals surface area contributed by atoms with E-state index in [-0.39, 0.29) is 0 Å². The molecule has 23 heavy (non-hydrogen) atoms. The average molecular weight is 337 g/mol. The Morgan fingerprint density at radius 2 is 2.13 bits per heavy atom. The fourth-order valence-electron chi connectivity index (χ4n) is 3.07. The van der Waals surface area contributed by atoms with Crippen LogP contribution >= 0.6 is 11.3 Å². The fraction of sp³-hybridized carbons (Fsp3) is 0.500. The number of thiazole rings is 1. The standard InChI is InChI=1S/C18H21F2NOS/c1-12-14(5-6-15(19)18(12)20)16-11-23-17(21-16)7-4-13-3-2-9-22-10-8-13/h5-6,11,13H,2-4,7-10H2,1H3. The van der Waals surface area contributed by atoms with Gasteiger partial charge in [0.1, 0.15) is 0 Å². The van der Waals surface area contributed by atoms with Gasteiger partial charge in [0.2, 0.25) is 0 Å². The predicted octanol–water partition coefficient (Wildman–Crippen LogP) is 5.15. The van der Waals surface area contributed by atoms with E-state index in [1.807, 2.05) is 5.38 Å². The lowest BCUT2D eigenvalue weighted by Gasteiger charge is -2.11. The van der Waals surface area contributed by atoms with E-state index in [4.69, 9.17) is 4.74 Å². The summed E-state index contributed by atoms with van der Waals surface area (Å²) < 4.78 is 32.4. The zero-order valence-electron chi connectivity index (χ0n) is 13.3. The summed E-state index contributed by atoms with van der Waals surface area (Å²) in [6.07, 6.45) is 5.55. The third-order valence-electron chi connectivity index (χ3n) is 4.50. The molecule has 3 rings (SSSR count). The molecule has 0 saturated carbocycles. The summed E-state index contributed by atoms with van der Waals surface area (Å²) in [6, 6.07) is 2.78. The first-order chi connectivity index (χ1) is 11.1. The SMILES string of the molecule is Cc1c(-c2csc(CCC3CCCOCC3)n2)ccc(F)c1F. The second kappa shape index (κ2) is 7.49. The third kappa shape index (κ3) is 3.96. The van der Waals surface area contributed by atoms with Gasteiger partial charge >= 0.3 is 0 Å². The minimum atomic E-state index is -0.808. The molecule has 1 saturated heterocycles. The van der Waals surface area contributed by atoms with E-state index in [1.165, 1.54) is 12.5 Å². The van der Waals surface area contributed by atoms with E-state index >= 15 is 0 Å². The minimum absolute atomic E-state index is 0.322. The number of benzene rings is 1. The van der Waals surface area contributed by atoms with Gasteiger partial charge in [-0.1, -0.05) is 0 Å². The lowest BCUT2D eigenvalue weighted by molar-refractivity contribution is 0.141. The van der Waals surface area contributed by atoms with Crippen molar-refractivity contribution in [2.45, 2.75) is 39.0 Å². The summed E-state index contributed by atoms with van der Waals surface area (Å²) in [4.78, 5) is 4.62. The maximum absolute atomic E-state index is 13.7. The maximum Gasteiger partial charge on any atom is 0.162 e. The zero-order valence-corrected chi connectivity index (χ0v) is 14.1. The van der Waals surface area contributed by atoms with Gasteiger partial charge in [-0.15, -0.1) is 11.3 Å². The molecule has 0 radical (unpaired) electrons. The molecule has 1 aliphatic rings. The van der Waals surface area contributed by atoms with Crippen molar-refractivity contribution in [1.29, 1.82) is 0 Å². The summed E-state index contributed by atoms with van der Waals surface area (Å²) in [6.45, 7) is 3.34. The molecule has 124 valence electrons. The van der Waals surface area contributed by atoms with E-state index in [9.17, 15) is 8.78 Å². The second-order valence-electron chi connectivity index (χ2n) is 6.11. The average Bonchev–Trinajstić information content (AvgIpc) is 2.86. The Kier molecular flexibility index (Phi) is 5.38. The van der Waals surface area contributed by atoms with Crippen LogP contribution in [0.1, 0.15) is 36.3 Å². The van der Waals surface area contributed by atoms with E-state index < -0.39 is 11.6 Å². The first-order valence-corrected chi connectivity index (χ1v) is 9.00. The molecule has 0 amide bonds. The van der Waals surface area contributed by atoms with Crippen molar-refractivity contribution in [1.82, 2.24) is 4.98 Å². The van der Waals surface area contributed by atoms with Crippen LogP contribution in [0.25, 0.3) is 11.3 Å². The van der Waals surface area contributed by atoms with Crippen LogP contribution in [0.15, 0.2) is 17.5 Å². The smallest absolute Gasteiger partial charge is 0.162 e. The zero-order chi connectivity index (χ0) is 16.2. The Hall–Kier alpha value is -1.33. The highest BCUT2D eigenvalue weighted by atomic mass is 32.1. The van der Waals surface area contributed by atoms with Gasteiger partial charge in [0.15, 0.2) is 11.6 Å². The molecule has 2 nitrogen and oxygen atoms in total. The molecule has 1 atom stereocenters. The Labute approximate surface area is 139 Å². The van der Waals surface area contributed by atoms with Crippen molar-refractivity contribution in [2.75, 3.05) is 13.2 Å². The molecule has 1 aliphatic heterocycles. The number of rotatable bonds is 4. The van der Waals surface area contributed by atoms with Gasteiger partial charge in [0, 0.05) is 24.2 Å². The monoisotopic (exact) mass is 337 g/mol. The van der Waals surface area contributed by atoms with Crippen LogP contribution in [0.2, 0.25) is 0 Å². The predicted molar refractivity (Wildman–Crippen MR) is 88.7 cm³/mol. The Balaban J connectivity index is 1.67. The van der Waals surface area contributed by atoms with Crippen LogP contribution in [0, 0.1) is 24.5 Å². The highest BCUT2D eigenvalue weighted by Gasteiger charge is 2.16. The van der Waals surface area contributed by atoms with Gasteiger partial charge < -0.3 is 4.74 Å². The normalized spacial score (nSPS) is 18.8. The molecule has 0 bridgehead atoms. The summed E-state index contributed by atoms with van der Waals surface area (Å²) in [5, 5.41) is 3.00. The molecule has 0 N–H and O–H groups in total. The number of halogens is 2. The largest absolute Gasteiger partial charge is 0.381 e. The quantitative estimate of drug-likeness (QED) is 0.770. The van der Waals surface area contributed by atoms with Crippen molar-refractivity contribution in [3.05, 3.63) is 39.7 Å². The molecule has 1 aromatic heterocycles. The molecule has 0 aliphatic carbocycles. The molecular formula is C18H21F2NOS. The second-order valence-corrected chi connectivity index (χ2v) is 7.05. The summed E-state index contributed by atoms with van der Waals surface area (Å²) in [5.41, 5.74) is 1.74. The van der Waals surface area contributed by atoms with Crippen LogP contribution in [0.5, 0.6) is 0 Å². The van der Waals surface area contributed by atoms with Crippen molar-refractivity contribution < 1.29 is 13.5 Å². The molecule has 1 fully saturated rings. The van der Waals surface area contributed by atoms with Crippen LogP contribution in [-0.4, -0.2) is 18.2 Å². The number of hydrogen-bond donors (Lipinski definition) is 0. The molecule has 1 aromatic carbocycles. The van der Waals surface area contributed by atoms with Crippen LogP contribution in [0.4, 0.5) is 8.78 Å². The molecular weight excluding hydrogens is 316 g/mol. The lowest BCUT2D eigenvalue weighted by atomic mass is 9.95. The Morgan fingerprint density at radius 3 is 3.00 bits per heavy atom. The summed E-state index contributed by atoms with van der Waals surface area (Å²) in [5.74, 6) is -0.886. The summed E-state index contributed by atoms with van der Waals surface area (Å²) >= 11 is 1.60. The lowest BCUT2D eigenvalue weighted by Crippen LogP contribution is -2.03. The third-order valence-corrected chi connectivity index (χ3v) is 5.41. The Morgan fingerprint density at radius 1 is 1.26 bits per heavy atom. The molecule has 2 aromatic rings. The van der Waals surface area contributed by atoms with E-state index in [1.54, 1.807) is 24.3 Å². The van der Waals surface area contributed by atoms with Crippen molar-refractivity contribution in [3.63, 3.8) is 0 Å². The van der Waals surface area contributed by atoms with Gasteiger partial charge in [-0.2, -0.15) is 0 Å². The maximum atomic E-state index is 13.7. The Bertz CT molecular complexity index is 663. The molecule has 0 spiro atoms. The van der Waals surface area contributed by atoms with Crippen molar-refractivity contribution in [2.24, 2.45) is 5.92 Å². The number of nitrogens with zero attached hydrogens (tertiary/aromatic N) is 1. The van der Waals surface area contributed by atoms with Gasteiger partial charge in [-0.25, -0.2) is 13.8 Å². The van der Waals surface area contributed by atoms with E-state index in [0.717, 1.165) is 49.6 Å². The van der Waals surface area contributed by atoms with Crippen LogP contribution < -0.4 is 0 Å². The highest BCUT2D eigenvalue weighted by molar-refractivity contribution is 7.09. The van der Waals surface area contributed by atoms with Gasteiger partial charge in [-0.3, -0.25) is 0 Å². The van der Waals surface area contributed by atoms with Gasteiger partial charge in [-0.05, 0) is 62.6 Å².